The molecule has 9 heteroatoms. The fraction of sp³-hybridized carbons (Fsp3) is 0.632. The van der Waals surface area contributed by atoms with Gasteiger partial charge in [0.2, 0.25) is 10.0 Å². The van der Waals surface area contributed by atoms with Gasteiger partial charge >= 0.3 is 0 Å². The number of ether oxygens (including phenoxy) is 1. The second-order valence-corrected chi connectivity index (χ2v) is 9.49. The van der Waals surface area contributed by atoms with Gasteiger partial charge in [0.25, 0.3) is 5.91 Å². The summed E-state index contributed by atoms with van der Waals surface area (Å²) in [5.74, 6) is 0.964. The normalized spacial score (nSPS) is 25.4. The zero-order valence-electron chi connectivity index (χ0n) is 16.1. The molecule has 3 fully saturated rings. The fourth-order valence-electron chi connectivity index (χ4n) is 4.35. The van der Waals surface area contributed by atoms with E-state index in [1.54, 1.807) is 18.2 Å². The van der Waals surface area contributed by atoms with Crippen molar-refractivity contribution in [2.24, 2.45) is 11.8 Å². The van der Waals surface area contributed by atoms with Crippen LogP contribution in [0.2, 0.25) is 0 Å². The monoisotopic (exact) mass is 429 g/mol. The van der Waals surface area contributed by atoms with Gasteiger partial charge in [0.05, 0.1) is 18.1 Å². The molecule has 3 aliphatic rings. The lowest BCUT2D eigenvalue weighted by Gasteiger charge is -2.27. The number of benzene rings is 1. The summed E-state index contributed by atoms with van der Waals surface area (Å²) >= 11 is 0. The predicted molar refractivity (Wildman–Crippen MR) is 108 cm³/mol. The third-order valence-electron chi connectivity index (χ3n) is 5.96. The minimum atomic E-state index is -3.63. The Hall–Kier alpha value is -1.19. The largest absolute Gasteiger partial charge is 0.379 e. The molecule has 3 aliphatic heterocycles. The lowest BCUT2D eigenvalue weighted by atomic mass is 10.0. The first-order chi connectivity index (χ1) is 13.0. The van der Waals surface area contributed by atoms with E-state index in [2.05, 4.69) is 5.32 Å². The van der Waals surface area contributed by atoms with Gasteiger partial charge in [-0.3, -0.25) is 4.79 Å². The number of carbonyl (C=O) groups excluding carboxylic acids is 1. The standard InChI is InChI=1S/C19H27N3O4S.ClH/c1-2-14-3-4-15(19(23)21-12-16-10-20-11-17(16)13-21)9-18(14)27(24,25)22-5-7-26-8-6-22;/h3-4,9,16-17,20H,2,5-8,10-13H2,1H3;1H/t16-,17+;. The molecule has 2 atom stereocenters. The maximum atomic E-state index is 13.2. The molecular formula is C19H28ClN3O4S. The molecule has 0 spiro atoms. The molecule has 28 heavy (non-hydrogen) atoms. The lowest BCUT2D eigenvalue weighted by Crippen LogP contribution is -2.41. The first kappa shape index (κ1) is 21.5. The number of amides is 1. The van der Waals surface area contributed by atoms with Gasteiger partial charge in [0.15, 0.2) is 0 Å². The number of hydrogen-bond acceptors (Lipinski definition) is 5. The van der Waals surface area contributed by atoms with E-state index in [-0.39, 0.29) is 23.2 Å². The Kier molecular flexibility index (Phi) is 6.66. The van der Waals surface area contributed by atoms with Crippen molar-refractivity contribution in [3.63, 3.8) is 0 Å². The average Bonchev–Trinajstić information content (AvgIpc) is 3.30. The number of nitrogens with zero attached hydrogens (tertiary/aromatic N) is 2. The zero-order valence-corrected chi connectivity index (χ0v) is 17.7. The molecule has 3 heterocycles. The van der Waals surface area contributed by atoms with Gasteiger partial charge in [-0.15, -0.1) is 12.4 Å². The van der Waals surface area contributed by atoms with Crippen molar-refractivity contribution in [1.29, 1.82) is 0 Å². The van der Waals surface area contributed by atoms with Crippen molar-refractivity contribution in [2.45, 2.75) is 18.2 Å². The molecule has 0 radical (unpaired) electrons. The van der Waals surface area contributed by atoms with Gasteiger partial charge in [0, 0.05) is 44.8 Å². The molecule has 0 bridgehead atoms. The van der Waals surface area contributed by atoms with E-state index in [0.29, 0.717) is 50.1 Å². The highest BCUT2D eigenvalue weighted by Crippen LogP contribution is 2.29. The Morgan fingerprint density at radius 1 is 1.18 bits per heavy atom. The van der Waals surface area contributed by atoms with Crippen molar-refractivity contribution < 1.29 is 17.9 Å². The highest BCUT2D eigenvalue weighted by molar-refractivity contribution is 7.89. The van der Waals surface area contributed by atoms with Crippen LogP contribution in [0.4, 0.5) is 0 Å². The number of fused-ring (bicyclic) bond motifs is 1. The molecule has 1 N–H and O–H groups in total. The van der Waals surface area contributed by atoms with Crippen molar-refractivity contribution >= 4 is 28.3 Å². The van der Waals surface area contributed by atoms with Crippen molar-refractivity contribution in [2.75, 3.05) is 52.5 Å². The molecule has 4 rings (SSSR count). The summed E-state index contributed by atoms with van der Waals surface area (Å²) in [5.41, 5.74) is 1.22. The summed E-state index contributed by atoms with van der Waals surface area (Å²) in [6.07, 6.45) is 0.604. The summed E-state index contributed by atoms with van der Waals surface area (Å²) in [6.45, 7) is 6.87. The number of likely N-dealkylation sites (tertiary alicyclic amines) is 1. The Morgan fingerprint density at radius 3 is 2.43 bits per heavy atom. The van der Waals surface area contributed by atoms with Crippen LogP contribution in [-0.2, 0) is 21.2 Å². The van der Waals surface area contributed by atoms with Gasteiger partial charge in [0.1, 0.15) is 0 Å². The van der Waals surface area contributed by atoms with Crippen LogP contribution >= 0.6 is 12.4 Å². The summed E-state index contributed by atoms with van der Waals surface area (Å²) in [4.78, 5) is 15.2. The minimum Gasteiger partial charge on any atom is -0.379 e. The molecule has 0 unspecified atom stereocenters. The average molecular weight is 430 g/mol. The number of aryl methyl sites for hydroxylation is 1. The summed E-state index contributed by atoms with van der Waals surface area (Å²) in [7, 11) is -3.63. The van der Waals surface area contributed by atoms with Crippen LogP contribution in [0.3, 0.4) is 0 Å². The van der Waals surface area contributed by atoms with Gasteiger partial charge < -0.3 is 15.0 Å². The van der Waals surface area contributed by atoms with E-state index in [0.717, 1.165) is 31.7 Å². The Balaban J connectivity index is 0.00000225. The van der Waals surface area contributed by atoms with Crippen LogP contribution in [0, 0.1) is 11.8 Å². The molecular weight excluding hydrogens is 402 g/mol. The van der Waals surface area contributed by atoms with Crippen molar-refractivity contribution in [3.05, 3.63) is 29.3 Å². The number of sulfonamides is 1. The molecule has 3 saturated heterocycles. The van der Waals surface area contributed by atoms with E-state index in [1.807, 2.05) is 11.8 Å². The van der Waals surface area contributed by atoms with E-state index in [4.69, 9.17) is 4.74 Å². The number of hydrogen-bond donors (Lipinski definition) is 1. The lowest BCUT2D eigenvalue weighted by molar-refractivity contribution is 0.0729. The second-order valence-electron chi connectivity index (χ2n) is 7.58. The highest BCUT2D eigenvalue weighted by Gasteiger charge is 2.38. The predicted octanol–water partition coefficient (Wildman–Crippen LogP) is 0.983. The van der Waals surface area contributed by atoms with E-state index in [9.17, 15) is 13.2 Å². The maximum Gasteiger partial charge on any atom is 0.253 e. The second kappa shape index (κ2) is 8.67. The van der Waals surface area contributed by atoms with Crippen LogP contribution in [-0.4, -0.2) is 76.0 Å². The SMILES string of the molecule is CCc1ccc(C(=O)N2C[C@H]3CNC[C@H]3C2)cc1S(=O)(=O)N1CCOCC1.Cl. The molecule has 0 aromatic heterocycles. The minimum absolute atomic E-state index is 0. The van der Waals surface area contributed by atoms with Gasteiger partial charge in [-0.2, -0.15) is 4.31 Å². The molecule has 0 saturated carbocycles. The Labute approximate surface area is 172 Å². The molecule has 1 amide bonds. The Bertz CT molecular complexity index is 814. The quantitative estimate of drug-likeness (QED) is 0.772. The smallest absolute Gasteiger partial charge is 0.253 e. The number of rotatable bonds is 4. The molecule has 156 valence electrons. The zero-order chi connectivity index (χ0) is 19.0. The van der Waals surface area contributed by atoms with Crippen molar-refractivity contribution in [1.82, 2.24) is 14.5 Å². The molecule has 0 aliphatic carbocycles. The number of carbonyl (C=O) groups is 1. The van der Waals surface area contributed by atoms with E-state index < -0.39 is 10.0 Å². The third kappa shape index (κ3) is 3.93. The van der Waals surface area contributed by atoms with E-state index in [1.165, 1.54) is 4.31 Å². The van der Waals surface area contributed by atoms with Crippen molar-refractivity contribution in [3.8, 4) is 0 Å². The first-order valence-corrected chi connectivity index (χ1v) is 11.2. The maximum absolute atomic E-state index is 13.2. The van der Waals surface area contributed by atoms with Crippen LogP contribution in [0.15, 0.2) is 23.1 Å². The molecule has 1 aromatic rings. The molecule has 7 nitrogen and oxygen atoms in total. The fourth-order valence-corrected chi connectivity index (χ4v) is 6.08. The number of nitrogens with one attached hydrogen (secondary N) is 1. The third-order valence-corrected chi connectivity index (χ3v) is 7.94. The van der Waals surface area contributed by atoms with Crippen LogP contribution < -0.4 is 5.32 Å². The first-order valence-electron chi connectivity index (χ1n) is 9.71. The van der Waals surface area contributed by atoms with Crippen LogP contribution in [0.5, 0.6) is 0 Å². The summed E-state index contributed by atoms with van der Waals surface area (Å²) < 4.78 is 33.1. The Morgan fingerprint density at radius 2 is 1.82 bits per heavy atom. The molecule has 1 aromatic carbocycles. The summed E-state index contributed by atoms with van der Waals surface area (Å²) in [5, 5.41) is 3.37. The van der Waals surface area contributed by atoms with E-state index >= 15 is 0 Å². The van der Waals surface area contributed by atoms with Crippen LogP contribution in [0.25, 0.3) is 0 Å². The topological polar surface area (TPSA) is 79.0 Å². The number of halogens is 1. The van der Waals surface area contributed by atoms with Gasteiger partial charge in [-0.05, 0) is 36.0 Å². The summed E-state index contributed by atoms with van der Waals surface area (Å²) in [6, 6.07) is 5.14. The van der Waals surface area contributed by atoms with Crippen LogP contribution in [0.1, 0.15) is 22.8 Å². The van der Waals surface area contributed by atoms with Gasteiger partial charge in [-0.25, -0.2) is 8.42 Å². The highest BCUT2D eigenvalue weighted by atomic mass is 35.5. The van der Waals surface area contributed by atoms with Gasteiger partial charge in [-0.1, -0.05) is 13.0 Å². The number of morpholine rings is 1.